The highest BCUT2D eigenvalue weighted by molar-refractivity contribution is 6.30. The fourth-order valence-corrected chi connectivity index (χ4v) is 2.67. The number of benzene rings is 2. The van der Waals surface area contributed by atoms with Crippen LogP contribution in [0.1, 0.15) is 29.7 Å². The van der Waals surface area contributed by atoms with Crippen LogP contribution in [0.4, 0.5) is 8.78 Å². The molecule has 2 aromatic rings. The monoisotopic (exact) mass is 295 g/mol. The zero-order valence-electron chi connectivity index (χ0n) is 10.4. The van der Waals surface area contributed by atoms with Gasteiger partial charge in [-0.1, -0.05) is 11.6 Å². The predicted molar refractivity (Wildman–Crippen MR) is 72.7 cm³/mol. The molecule has 0 fully saturated rings. The third kappa shape index (κ3) is 2.49. The van der Waals surface area contributed by atoms with E-state index in [1.807, 2.05) is 0 Å². The number of nitrogens with two attached hydrogens (primary N) is 1. The second-order valence-corrected chi connectivity index (χ2v) is 5.27. The molecule has 2 atom stereocenters. The first-order chi connectivity index (χ1) is 9.52. The maximum Gasteiger partial charge on any atom is 0.126 e. The fourth-order valence-electron chi connectivity index (χ4n) is 2.44. The Balaban J connectivity index is 1.96. The third-order valence-corrected chi connectivity index (χ3v) is 3.58. The summed E-state index contributed by atoms with van der Waals surface area (Å²) in [4.78, 5) is 0. The molecule has 2 aromatic carbocycles. The molecule has 2 N–H and O–H groups in total. The van der Waals surface area contributed by atoms with Gasteiger partial charge in [0, 0.05) is 23.0 Å². The van der Waals surface area contributed by atoms with Gasteiger partial charge in [-0.3, -0.25) is 0 Å². The van der Waals surface area contributed by atoms with Crippen molar-refractivity contribution in [3.05, 3.63) is 64.2 Å². The summed E-state index contributed by atoms with van der Waals surface area (Å²) >= 11 is 5.85. The first-order valence-corrected chi connectivity index (χ1v) is 6.58. The zero-order valence-corrected chi connectivity index (χ0v) is 11.2. The summed E-state index contributed by atoms with van der Waals surface area (Å²) in [5.74, 6) is -0.250. The van der Waals surface area contributed by atoms with Gasteiger partial charge < -0.3 is 10.5 Å². The molecule has 0 saturated heterocycles. The largest absolute Gasteiger partial charge is 0.485 e. The van der Waals surface area contributed by atoms with Gasteiger partial charge in [0.15, 0.2) is 0 Å². The van der Waals surface area contributed by atoms with Crippen molar-refractivity contribution in [2.75, 3.05) is 0 Å². The standard InChI is InChI=1S/C15H12ClF2NO/c16-9-3-8(4-11(18)5-9)15-7-13(19)12-6-10(17)1-2-14(12)20-15/h1-6,13,15H,7,19H2. The molecule has 1 heterocycles. The van der Waals surface area contributed by atoms with E-state index in [0.717, 1.165) is 0 Å². The lowest BCUT2D eigenvalue weighted by Crippen LogP contribution is -2.24. The highest BCUT2D eigenvalue weighted by atomic mass is 35.5. The first kappa shape index (κ1) is 13.3. The first-order valence-electron chi connectivity index (χ1n) is 6.20. The number of hydrogen-bond acceptors (Lipinski definition) is 2. The summed E-state index contributed by atoms with van der Waals surface area (Å²) in [5.41, 5.74) is 7.30. The van der Waals surface area contributed by atoms with Crippen molar-refractivity contribution < 1.29 is 13.5 Å². The van der Waals surface area contributed by atoms with E-state index in [0.29, 0.717) is 28.3 Å². The van der Waals surface area contributed by atoms with E-state index in [1.165, 1.54) is 30.3 Å². The average molecular weight is 296 g/mol. The van der Waals surface area contributed by atoms with Gasteiger partial charge in [-0.05, 0) is 42.0 Å². The van der Waals surface area contributed by atoms with Gasteiger partial charge in [-0.25, -0.2) is 8.78 Å². The molecular weight excluding hydrogens is 284 g/mol. The topological polar surface area (TPSA) is 35.2 Å². The highest BCUT2D eigenvalue weighted by Gasteiger charge is 2.27. The number of hydrogen-bond donors (Lipinski definition) is 1. The molecule has 2 nitrogen and oxygen atoms in total. The van der Waals surface area contributed by atoms with Crippen LogP contribution in [0.15, 0.2) is 36.4 Å². The third-order valence-electron chi connectivity index (χ3n) is 3.37. The van der Waals surface area contributed by atoms with E-state index in [9.17, 15) is 8.78 Å². The molecule has 0 spiro atoms. The zero-order chi connectivity index (χ0) is 14.3. The van der Waals surface area contributed by atoms with E-state index >= 15 is 0 Å². The lowest BCUT2D eigenvalue weighted by Gasteiger charge is -2.30. The molecule has 20 heavy (non-hydrogen) atoms. The van der Waals surface area contributed by atoms with Crippen LogP contribution in [-0.4, -0.2) is 0 Å². The SMILES string of the molecule is NC1CC(c2cc(F)cc(Cl)c2)Oc2ccc(F)cc21. The highest BCUT2D eigenvalue weighted by Crippen LogP contribution is 2.40. The van der Waals surface area contributed by atoms with Gasteiger partial charge in [0.2, 0.25) is 0 Å². The summed E-state index contributed by atoms with van der Waals surface area (Å²) in [6.45, 7) is 0. The van der Waals surface area contributed by atoms with Gasteiger partial charge in [0.05, 0.1) is 0 Å². The van der Waals surface area contributed by atoms with Crippen molar-refractivity contribution in [1.82, 2.24) is 0 Å². The summed E-state index contributed by atoms with van der Waals surface area (Å²) < 4.78 is 32.4. The number of ether oxygens (including phenoxy) is 1. The van der Waals surface area contributed by atoms with Crippen LogP contribution < -0.4 is 10.5 Å². The van der Waals surface area contributed by atoms with Gasteiger partial charge in [-0.15, -0.1) is 0 Å². The summed E-state index contributed by atoms with van der Waals surface area (Å²) in [5, 5.41) is 0.307. The van der Waals surface area contributed by atoms with Crippen LogP contribution in [0, 0.1) is 11.6 Å². The van der Waals surface area contributed by atoms with E-state index in [1.54, 1.807) is 6.07 Å². The minimum absolute atomic E-state index is 0.307. The van der Waals surface area contributed by atoms with Crippen LogP contribution in [0.2, 0.25) is 5.02 Å². The Hall–Kier alpha value is -1.65. The molecule has 3 rings (SSSR count). The minimum atomic E-state index is -0.422. The van der Waals surface area contributed by atoms with Crippen LogP contribution in [-0.2, 0) is 0 Å². The Bertz CT molecular complexity index is 642. The van der Waals surface area contributed by atoms with Crippen LogP contribution >= 0.6 is 11.6 Å². The van der Waals surface area contributed by atoms with E-state index in [2.05, 4.69) is 0 Å². The Morgan fingerprint density at radius 2 is 1.90 bits per heavy atom. The van der Waals surface area contributed by atoms with Crippen molar-refractivity contribution in [2.45, 2.75) is 18.6 Å². The Morgan fingerprint density at radius 3 is 2.65 bits per heavy atom. The molecule has 0 bridgehead atoms. The smallest absolute Gasteiger partial charge is 0.126 e. The van der Waals surface area contributed by atoms with Crippen molar-refractivity contribution in [3.63, 3.8) is 0 Å². The van der Waals surface area contributed by atoms with Gasteiger partial charge >= 0.3 is 0 Å². The molecule has 0 aromatic heterocycles. The molecule has 2 unspecified atom stereocenters. The maximum atomic E-state index is 13.4. The summed E-state index contributed by atoms with van der Waals surface area (Å²) in [6.07, 6.45) is 0.0483. The molecular formula is C15H12ClF2NO. The summed E-state index contributed by atoms with van der Waals surface area (Å²) in [7, 11) is 0. The predicted octanol–water partition coefficient (Wildman–Crippen LogP) is 4.14. The molecule has 0 aliphatic carbocycles. The van der Waals surface area contributed by atoms with E-state index in [4.69, 9.17) is 22.1 Å². The maximum absolute atomic E-state index is 13.4. The second kappa shape index (κ2) is 5.04. The van der Waals surface area contributed by atoms with E-state index in [-0.39, 0.29) is 11.9 Å². The van der Waals surface area contributed by atoms with E-state index < -0.39 is 11.9 Å². The lowest BCUT2D eigenvalue weighted by molar-refractivity contribution is 0.160. The number of fused-ring (bicyclic) bond motifs is 1. The molecule has 5 heteroatoms. The molecule has 0 amide bonds. The molecule has 104 valence electrons. The molecule has 1 aliphatic heterocycles. The van der Waals surface area contributed by atoms with Crippen LogP contribution in [0.3, 0.4) is 0 Å². The van der Waals surface area contributed by atoms with Gasteiger partial charge in [0.1, 0.15) is 23.5 Å². The van der Waals surface area contributed by atoms with Crippen LogP contribution in [0.25, 0.3) is 0 Å². The Morgan fingerprint density at radius 1 is 1.10 bits per heavy atom. The second-order valence-electron chi connectivity index (χ2n) is 4.83. The molecule has 0 radical (unpaired) electrons. The number of halogens is 3. The van der Waals surface area contributed by atoms with Crippen molar-refractivity contribution in [1.29, 1.82) is 0 Å². The fraction of sp³-hybridized carbons (Fsp3) is 0.200. The normalized spacial score (nSPS) is 21.2. The van der Waals surface area contributed by atoms with Gasteiger partial charge in [-0.2, -0.15) is 0 Å². The minimum Gasteiger partial charge on any atom is -0.485 e. The summed E-state index contributed by atoms with van der Waals surface area (Å²) in [6, 6.07) is 8.12. The number of rotatable bonds is 1. The Kier molecular flexibility index (Phi) is 3.36. The van der Waals surface area contributed by atoms with Crippen molar-refractivity contribution in [3.8, 4) is 5.75 Å². The Labute approximate surface area is 120 Å². The quantitative estimate of drug-likeness (QED) is 0.858. The van der Waals surface area contributed by atoms with Crippen LogP contribution in [0.5, 0.6) is 5.75 Å². The van der Waals surface area contributed by atoms with Crippen molar-refractivity contribution in [2.24, 2.45) is 5.73 Å². The average Bonchev–Trinajstić information content (AvgIpc) is 2.38. The molecule has 0 saturated carbocycles. The lowest BCUT2D eigenvalue weighted by atomic mass is 9.93. The molecule has 1 aliphatic rings. The van der Waals surface area contributed by atoms with Gasteiger partial charge in [0.25, 0.3) is 0 Å². The van der Waals surface area contributed by atoms with Crippen molar-refractivity contribution >= 4 is 11.6 Å².